The van der Waals surface area contributed by atoms with Gasteiger partial charge in [0.15, 0.2) is 23.0 Å². The molecule has 1 aromatic carbocycles. The Morgan fingerprint density at radius 2 is 1.70 bits per heavy atom. The molecule has 0 radical (unpaired) electrons. The van der Waals surface area contributed by atoms with Gasteiger partial charge in [-0.05, 0) is 23.8 Å². The summed E-state index contributed by atoms with van der Waals surface area (Å²) in [6.07, 6.45) is 1.57. The van der Waals surface area contributed by atoms with Gasteiger partial charge in [-0.2, -0.15) is 0 Å². The quantitative estimate of drug-likeness (QED) is 0.577. The summed E-state index contributed by atoms with van der Waals surface area (Å²) < 4.78 is 20.3. The normalized spacial score (nSPS) is 10.2. The van der Waals surface area contributed by atoms with Crippen LogP contribution < -0.4 is 9.47 Å². The van der Waals surface area contributed by atoms with Crippen LogP contribution >= 0.6 is 0 Å². The van der Waals surface area contributed by atoms with Crippen LogP contribution in [0, 0.1) is 0 Å². The van der Waals surface area contributed by atoms with Crippen molar-refractivity contribution < 1.29 is 28.2 Å². The molecular formula is C17H18O6. The first kappa shape index (κ1) is 16.6. The summed E-state index contributed by atoms with van der Waals surface area (Å²) in [6, 6.07) is 7.06. The molecule has 1 heterocycles. The maximum Gasteiger partial charge on any atom is 0.305 e. The van der Waals surface area contributed by atoms with Crippen molar-refractivity contribution in [2.45, 2.75) is 12.8 Å². The molecule has 0 fully saturated rings. The van der Waals surface area contributed by atoms with Gasteiger partial charge in [-0.1, -0.05) is 6.07 Å². The number of ketones is 1. The van der Waals surface area contributed by atoms with Crippen LogP contribution in [0.5, 0.6) is 11.5 Å². The second-order valence-corrected chi connectivity index (χ2v) is 4.77. The highest BCUT2D eigenvalue weighted by atomic mass is 16.5. The van der Waals surface area contributed by atoms with Crippen LogP contribution in [0.4, 0.5) is 0 Å². The summed E-state index contributed by atoms with van der Waals surface area (Å²) in [5.74, 6) is 0.740. The van der Waals surface area contributed by atoms with E-state index in [1.807, 2.05) is 6.07 Å². The highest BCUT2D eigenvalue weighted by Crippen LogP contribution is 2.33. The summed E-state index contributed by atoms with van der Waals surface area (Å²) in [4.78, 5) is 23.1. The minimum atomic E-state index is -0.426. The molecule has 0 saturated carbocycles. The van der Waals surface area contributed by atoms with Crippen LogP contribution in [-0.4, -0.2) is 33.1 Å². The van der Waals surface area contributed by atoms with E-state index in [4.69, 9.17) is 13.9 Å². The van der Waals surface area contributed by atoms with Crippen LogP contribution in [0.25, 0.3) is 11.1 Å². The molecule has 0 spiro atoms. The smallest absolute Gasteiger partial charge is 0.305 e. The molecule has 6 heteroatoms. The van der Waals surface area contributed by atoms with Gasteiger partial charge in [0.1, 0.15) is 0 Å². The highest BCUT2D eigenvalue weighted by molar-refractivity contribution is 5.96. The minimum Gasteiger partial charge on any atom is -0.493 e. The average molecular weight is 318 g/mol. The van der Waals surface area contributed by atoms with E-state index in [2.05, 4.69) is 4.74 Å². The van der Waals surface area contributed by atoms with Crippen LogP contribution in [0.3, 0.4) is 0 Å². The van der Waals surface area contributed by atoms with Gasteiger partial charge in [0.2, 0.25) is 0 Å². The molecule has 0 N–H and O–H groups in total. The molecule has 0 amide bonds. The molecule has 6 nitrogen and oxygen atoms in total. The van der Waals surface area contributed by atoms with E-state index in [9.17, 15) is 9.59 Å². The highest BCUT2D eigenvalue weighted by Gasteiger charge is 2.15. The first-order valence-corrected chi connectivity index (χ1v) is 7.00. The Hall–Kier alpha value is -2.76. The number of rotatable bonds is 7. The van der Waals surface area contributed by atoms with E-state index in [0.717, 1.165) is 11.1 Å². The molecular weight excluding hydrogens is 300 g/mol. The third-order valence-corrected chi connectivity index (χ3v) is 3.38. The van der Waals surface area contributed by atoms with Gasteiger partial charge in [0.25, 0.3) is 0 Å². The Morgan fingerprint density at radius 1 is 0.957 bits per heavy atom. The summed E-state index contributed by atoms with van der Waals surface area (Å²) in [7, 11) is 4.40. The van der Waals surface area contributed by atoms with Crippen LogP contribution in [0.2, 0.25) is 0 Å². The largest absolute Gasteiger partial charge is 0.493 e. The van der Waals surface area contributed by atoms with Crippen LogP contribution in [-0.2, 0) is 9.53 Å². The number of methoxy groups -OCH3 is 3. The zero-order valence-corrected chi connectivity index (χ0v) is 13.3. The van der Waals surface area contributed by atoms with E-state index in [0.29, 0.717) is 11.5 Å². The van der Waals surface area contributed by atoms with Crippen molar-refractivity contribution in [2.75, 3.05) is 21.3 Å². The molecule has 2 rings (SSSR count). The number of benzene rings is 1. The maximum absolute atomic E-state index is 12.0. The van der Waals surface area contributed by atoms with E-state index < -0.39 is 5.97 Å². The lowest BCUT2D eigenvalue weighted by Gasteiger charge is -2.08. The van der Waals surface area contributed by atoms with Crippen LogP contribution in [0.1, 0.15) is 23.4 Å². The van der Waals surface area contributed by atoms with E-state index in [-0.39, 0.29) is 24.4 Å². The lowest BCUT2D eigenvalue weighted by molar-refractivity contribution is -0.140. The van der Waals surface area contributed by atoms with Gasteiger partial charge in [0.05, 0.1) is 34.0 Å². The lowest BCUT2D eigenvalue weighted by Crippen LogP contribution is -2.05. The minimum absolute atomic E-state index is 0.0295. The molecule has 0 unspecified atom stereocenters. The molecule has 0 aliphatic heterocycles. The lowest BCUT2D eigenvalue weighted by atomic mass is 10.1. The molecule has 1 aromatic heterocycles. The van der Waals surface area contributed by atoms with Crippen molar-refractivity contribution >= 4 is 11.8 Å². The molecule has 0 saturated heterocycles. The number of ether oxygens (including phenoxy) is 3. The number of furan rings is 1. The van der Waals surface area contributed by atoms with Gasteiger partial charge in [-0.3, -0.25) is 9.59 Å². The third-order valence-electron chi connectivity index (χ3n) is 3.38. The van der Waals surface area contributed by atoms with Gasteiger partial charge in [-0.25, -0.2) is 0 Å². The SMILES string of the molecule is COC(=O)CCC(=O)c1cc(-c2ccc(OC)c(OC)c2)co1. The van der Waals surface area contributed by atoms with Gasteiger partial charge < -0.3 is 18.6 Å². The van der Waals surface area contributed by atoms with E-state index in [1.54, 1.807) is 32.4 Å². The zero-order valence-electron chi connectivity index (χ0n) is 13.3. The molecule has 23 heavy (non-hydrogen) atoms. The van der Waals surface area contributed by atoms with Crippen LogP contribution in [0.15, 0.2) is 34.9 Å². The molecule has 2 aromatic rings. The Balaban J connectivity index is 2.15. The van der Waals surface area contributed by atoms with Crippen molar-refractivity contribution in [2.24, 2.45) is 0 Å². The number of hydrogen-bond donors (Lipinski definition) is 0. The molecule has 0 bridgehead atoms. The average Bonchev–Trinajstić information content (AvgIpc) is 3.08. The summed E-state index contributed by atoms with van der Waals surface area (Å²) in [6.45, 7) is 0. The van der Waals surface area contributed by atoms with Gasteiger partial charge >= 0.3 is 5.97 Å². The van der Waals surface area contributed by atoms with Crippen molar-refractivity contribution in [3.8, 4) is 22.6 Å². The Morgan fingerprint density at radius 3 is 2.35 bits per heavy atom. The molecule has 0 atom stereocenters. The molecule has 0 aliphatic carbocycles. The monoisotopic (exact) mass is 318 g/mol. The Labute approximate surface area is 134 Å². The molecule has 122 valence electrons. The van der Waals surface area contributed by atoms with Gasteiger partial charge in [0, 0.05) is 12.0 Å². The second kappa shape index (κ2) is 7.49. The molecule has 0 aliphatic rings. The van der Waals surface area contributed by atoms with E-state index >= 15 is 0 Å². The Kier molecular flexibility index (Phi) is 5.41. The second-order valence-electron chi connectivity index (χ2n) is 4.77. The third kappa shape index (κ3) is 3.91. The standard InChI is InChI=1S/C17H18O6/c1-20-14-6-4-11(8-16(14)21-2)12-9-15(23-10-12)13(18)5-7-17(19)22-3/h4,6,8-10H,5,7H2,1-3H3. The summed E-state index contributed by atoms with van der Waals surface area (Å²) in [5, 5.41) is 0. The van der Waals surface area contributed by atoms with E-state index in [1.165, 1.54) is 13.4 Å². The fourth-order valence-electron chi connectivity index (χ4n) is 2.09. The number of carbonyl (C=O) groups is 2. The fraction of sp³-hybridized carbons (Fsp3) is 0.294. The summed E-state index contributed by atoms with van der Waals surface area (Å²) in [5.41, 5.74) is 1.57. The number of Topliss-reactive ketones (excluding diaryl/α,β-unsaturated/α-hetero) is 1. The predicted octanol–water partition coefficient (Wildman–Crippen LogP) is 3.10. The van der Waals surface area contributed by atoms with Crippen molar-refractivity contribution in [1.82, 2.24) is 0 Å². The zero-order chi connectivity index (χ0) is 16.8. The van der Waals surface area contributed by atoms with Crippen molar-refractivity contribution in [3.63, 3.8) is 0 Å². The van der Waals surface area contributed by atoms with Crippen molar-refractivity contribution in [1.29, 1.82) is 0 Å². The number of esters is 1. The van der Waals surface area contributed by atoms with Crippen molar-refractivity contribution in [3.05, 3.63) is 36.3 Å². The number of carbonyl (C=O) groups excluding carboxylic acids is 2. The predicted molar refractivity (Wildman–Crippen MR) is 82.8 cm³/mol. The maximum atomic E-state index is 12.0. The first-order valence-electron chi connectivity index (χ1n) is 7.00. The number of hydrogen-bond acceptors (Lipinski definition) is 6. The Bertz CT molecular complexity index is 701. The fourth-order valence-corrected chi connectivity index (χ4v) is 2.09. The summed E-state index contributed by atoms with van der Waals surface area (Å²) >= 11 is 0. The van der Waals surface area contributed by atoms with Gasteiger partial charge in [-0.15, -0.1) is 0 Å². The first-order chi connectivity index (χ1) is 11.1. The topological polar surface area (TPSA) is 75.0 Å².